The topological polar surface area (TPSA) is 71.8 Å². The van der Waals surface area contributed by atoms with Gasteiger partial charge in [-0.3, -0.25) is 0 Å². The molecule has 3 rings (SSSR count). The van der Waals surface area contributed by atoms with Crippen molar-refractivity contribution in [1.82, 2.24) is 30.0 Å². The number of aromatic nitrogens is 6. The highest BCUT2D eigenvalue weighted by molar-refractivity contribution is 7.71. The molecule has 0 saturated carbocycles. The number of nitrogens with one attached hydrogen (secondary N) is 1. The molecule has 0 fully saturated rings. The van der Waals surface area contributed by atoms with Gasteiger partial charge in [0.25, 0.3) is 5.78 Å². The number of hydrogen-bond donors (Lipinski definition) is 1. The lowest BCUT2D eigenvalue weighted by Gasteiger charge is -1.98. The third-order valence-electron chi connectivity index (χ3n) is 2.16. The van der Waals surface area contributed by atoms with Gasteiger partial charge in [-0.2, -0.15) is 4.52 Å². The van der Waals surface area contributed by atoms with E-state index in [1.165, 1.54) is 4.52 Å². The summed E-state index contributed by atoms with van der Waals surface area (Å²) in [5, 5.41) is 19.2. The van der Waals surface area contributed by atoms with E-state index < -0.39 is 0 Å². The van der Waals surface area contributed by atoms with Gasteiger partial charge in [0.1, 0.15) is 0 Å². The van der Waals surface area contributed by atoms with Crippen LogP contribution < -0.4 is 0 Å². The number of fused-ring (bicyclic) bond motifs is 1. The van der Waals surface area contributed by atoms with Crippen LogP contribution in [0.15, 0.2) is 24.3 Å². The molecular formula is C9H5ClN6S. The number of rotatable bonds is 1. The predicted octanol–water partition coefficient (Wildman–Crippen LogP) is 1.90. The van der Waals surface area contributed by atoms with Crippen LogP contribution in [0.4, 0.5) is 0 Å². The Morgan fingerprint density at radius 3 is 2.71 bits per heavy atom. The van der Waals surface area contributed by atoms with Crippen LogP contribution in [-0.2, 0) is 0 Å². The molecule has 0 unspecified atom stereocenters. The fourth-order valence-electron chi connectivity index (χ4n) is 1.36. The van der Waals surface area contributed by atoms with Crippen LogP contribution in [0, 0.1) is 4.77 Å². The van der Waals surface area contributed by atoms with E-state index in [1.807, 2.05) is 12.1 Å². The SMILES string of the molecule is S=c1[nH]nc2nnc(-c3ccc(Cl)cc3)nn12. The Morgan fingerprint density at radius 1 is 1.18 bits per heavy atom. The van der Waals surface area contributed by atoms with Crippen LogP contribution >= 0.6 is 23.8 Å². The maximum atomic E-state index is 5.81. The second kappa shape index (κ2) is 3.86. The van der Waals surface area contributed by atoms with Gasteiger partial charge in [0.15, 0.2) is 0 Å². The first-order valence-corrected chi connectivity index (χ1v) is 5.47. The van der Waals surface area contributed by atoms with E-state index in [0.717, 1.165) is 5.56 Å². The van der Waals surface area contributed by atoms with Gasteiger partial charge in [-0.05, 0) is 36.5 Å². The van der Waals surface area contributed by atoms with Crippen LogP contribution in [0.3, 0.4) is 0 Å². The Bertz CT molecular complexity index is 731. The molecule has 1 aromatic carbocycles. The predicted molar refractivity (Wildman–Crippen MR) is 64.2 cm³/mol. The molecule has 2 aromatic heterocycles. The van der Waals surface area contributed by atoms with Crippen LogP contribution in [0.1, 0.15) is 0 Å². The first-order chi connectivity index (χ1) is 8.24. The van der Waals surface area contributed by atoms with Gasteiger partial charge in [0.05, 0.1) is 0 Å². The minimum atomic E-state index is 0.340. The van der Waals surface area contributed by atoms with Gasteiger partial charge in [0.2, 0.25) is 10.6 Å². The molecule has 84 valence electrons. The average Bonchev–Trinajstić information content (AvgIpc) is 2.72. The average molecular weight is 265 g/mol. The monoisotopic (exact) mass is 264 g/mol. The Morgan fingerprint density at radius 2 is 1.94 bits per heavy atom. The summed E-state index contributed by atoms with van der Waals surface area (Å²) in [6.45, 7) is 0. The van der Waals surface area contributed by atoms with Gasteiger partial charge in [0, 0.05) is 10.6 Å². The van der Waals surface area contributed by atoms with Crippen molar-refractivity contribution >= 4 is 29.6 Å². The fraction of sp³-hybridized carbons (Fsp3) is 0. The maximum Gasteiger partial charge on any atom is 0.289 e. The standard InChI is InChI=1S/C9H5ClN6S/c10-6-3-1-5(2-4-6)7-11-12-8-13-14-9(17)16(8)15-7/h1-4H,(H,14,17). The van der Waals surface area contributed by atoms with Crippen molar-refractivity contribution in [2.24, 2.45) is 0 Å². The lowest BCUT2D eigenvalue weighted by atomic mass is 10.2. The minimum absolute atomic E-state index is 0.340. The second-order valence-corrected chi connectivity index (χ2v) is 4.09. The molecule has 0 bridgehead atoms. The summed E-state index contributed by atoms with van der Waals surface area (Å²) in [5.74, 6) is 0.805. The van der Waals surface area contributed by atoms with E-state index in [0.29, 0.717) is 21.4 Å². The number of benzene rings is 1. The van der Waals surface area contributed by atoms with E-state index in [-0.39, 0.29) is 0 Å². The van der Waals surface area contributed by atoms with Crippen molar-refractivity contribution in [2.45, 2.75) is 0 Å². The summed E-state index contributed by atoms with van der Waals surface area (Å²) in [5.41, 5.74) is 0.812. The number of H-pyrrole nitrogens is 1. The Hall–Kier alpha value is -1.86. The lowest BCUT2D eigenvalue weighted by molar-refractivity contribution is 0.828. The smallest absolute Gasteiger partial charge is 0.248 e. The molecule has 17 heavy (non-hydrogen) atoms. The quantitative estimate of drug-likeness (QED) is 0.680. The zero-order valence-corrected chi connectivity index (χ0v) is 9.90. The zero-order valence-electron chi connectivity index (χ0n) is 8.33. The molecule has 2 heterocycles. The summed E-state index contributed by atoms with van der Waals surface area (Å²) in [7, 11) is 0. The van der Waals surface area contributed by atoms with Crippen LogP contribution in [-0.4, -0.2) is 30.0 Å². The molecule has 0 radical (unpaired) electrons. The van der Waals surface area contributed by atoms with Crippen molar-refractivity contribution in [3.05, 3.63) is 34.1 Å². The van der Waals surface area contributed by atoms with E-state index in [1.54, 1.807) is 12.1 Å². The molecular weight excluding hydrogens is 260 g/mol. The highest BCUT2D eigenvalue weighted by atomic mass is 35.5. The lowest BCUT2D eigenvalue weighted by Crippen LogP contribution is -2.01. The van der Waals surface area contributed by atoms with Gasteiger partial charge in [-0.15, -0.1) is 20.4 Å². The van der Waals surface area contributed by atoms with Gasteiger partial charge in [-0.25, -0.2) is 5.10 Å². The minimum Gasteiger partial charge on any atom is -0.248 e. The maximum absolute atomic E-state index is 5.81. The Labute approximate surface area is 105 Å². The zero-order chi connectivity index (χ0) is 11.8. The van der Waals surface area contributed by atoms with Crippen LogP contribution in [0.5, 0.6) is 0 Å². The molecule has 1 N–H and O–H groups in total. The van der Waals surface area contributed by atoms with E-state index in [2.05, 4.69) is 25.5 Å². The largest absolute Gasteiger partial charge is 0.289 e. The first-order valence-electron chi connectivity index (χ1n) is 4.68. The van der Waals surface area contributed by atoms with Crippen molar-refractivity contribution in [3.8, 4) is 11.4 Å². The number of nitrogens with zero attached hydrogens (tertiary/aromatic N) is 5. The van der Waals surface area contributed by atoms with Crippen LogP contribution in [0.25, 0.3) is 17.2 Å². The van der Waals surface area contributed by atoms with Crippen molar-refractivity contribution in [2.75, 3.05) is 0 Å². The summed E-state index contributed by atoms with van der Waals surface area (Å²) in [6.07, 6.45) is 0. The van der Waals surface area contributed by atoms with E-state index in [4.69, 9.17) is 23.8 Å². The molecule has 8 heteroatoms. The number of hydrogen-bond acceptors (Lipinski definition) is 5. The van der Waals surface area contributed by atoms with Gasteiger partial charge in [-0.1, -0.05) is 11.6 Å². The normalized spacial score (nSPS) is 10.9. The fourth-order valence-corrected chi connectivity index (χ4v) is 1.65. The summed E-state index contributed by atoms with van der Waals surface area (Å²) in [4.78, 5) is 0. The van der Waals surface area contributed by atoms with E-state index in [9.17, 15) is 0 Å². The molecule has 0 amide bonds. The molecule has 6 nitrogen and oxygen atoms in total. The third kappa shape index (κ3) is 1.79. The molecule has 0 atom stereocenters. The molecule has 0 spiro atoms. The second-order valence-electron chi connectivity index (χ2n) is 3.27. The highest BCUT2D eigenvalue weighted by Crippen LogP contribution is 2.16. The molecule has 0 aliphatic rings. The number of aromatic amines is 1. The van der Waals surface area contributed by atoms with Crippen molar-refractivity contribution in [3.63, 3.8) is 0 Å². The summed E-state index contributed by atoms with van der Waals surface area (Å²) >= 11 is 10.8. The van der Waals surface area contributed by atoms with E-state index >= 15 is 0 Å². The summed E-state index contributed by atoms with van der Waals surface area (Å²) in [6, 6.07) is 7.15. The van der Waals surface area contributed by atoms with Crippen molar-refractivity contribution in [1.29, 1.82) is 0 Å². The van der Waals surface area contributed by atoms with Gasteiger partial charge < -0.3 is 0 Å². The number of halogens is 1. The molecule has 3 aromatic rings. The summed E-state index contributed by atoms with van der Waals surface area (Å²) < 4.78 is 1.80. The van der Waals surface area contributed by atoms with Crippen molar-refractivity contribution < 1.29 is 0 Å². The molecule has 0 saturated heterocycles. The molecule has 0 aliphatic heterocycles. The Kier molecular flexibility index (Phi) is 2.34. The van der Waals surface area contributed by atoms with Gasteiger partial charge >= 0.3 is 0 Å². The first kappa shape index (κ1) is 10.3. The van der Waals surface area contributed by atoms with Crippen LogP contribution in [0.2, 0.25) is 5.02 Å². The Balaban J connectivity index is 2.20. The third-order valence-corrected chi connectivity index (χ3v) is 2.68. The highest BCUT2D eigenvalue weighted by Gasteiger charge is 2.06. The molecule has 0 aliphatic carbocycles.